The Morgan fingerprint density at radius 2 is 1.89 bits per heavy atom. The number of aromatic nitrogens is 2. The summed E-state index contributed by atoms with van der Waals surface area (Å²) in [5.41, 5.74) is 2.21. The van der Waals surface area contributed by atoms with Crippen LogP contribution in [0, 0.1) is 0 Å². The summed E-state index contributed by atoms with van der Waals surface area (Å²) in [7, 11) is 0. The summed E-state index contributed by atoms with van der Waals surface area (Å²) >= 11 is 0. The number of pyridine rings is 1. The molecule has 0 amide bonds. The van der Waals surface area contributed by atoms with Crippen LogP contribution in [-0.4, -0.2) is 9.55 Å². The molecule has 3 aromatic rings. The van der Waals surface area contributed by atoms with Crippen LogP contribution in [0.5, 0.6) is 0 Å². The van der Waals surface area contributed by atoms with E-state index in [1.54, 1.807) is 0 Å². The van der Waals surface area contributed by atoms with Crippen molar-refractivity contribution in [1.82, 2.24) is 9.55 Å². The molecule has 0 saturated carbocycles. The van der Waals surface area contributed by atoms with Crippen LogP contribution in [0.2, 0.25) is 0 Å². The summed E-state index contributed by atoms with van der Waals surface area (Å²) < 4.78 is 2.15. The lowest BCUT2D eigenvalue weighted by atomic mass is 10.1. The van der Waals surface area contributed by atoms with Crippen LogP contribution in [-0.2, 0) is 0 Å². The second-order valence-electron chi connectivity index (χ2n) is 4.23. The Morgan fingerprint density at radius 1 is 1.06 bits per heavy atom. The Labute approximate surface area is 106 Å². The molecule has 1 atom stereocenters. The summed E-state index contributed by atoms with van der Waals surface area (Å²) in [6, 6.07) is 16.6. The topological polar surface area (TPSA) is 17.8 Å². The van der Waals surface area contributed by atoms with E-state index in [1.807, 2.05) is 36.5 Å². The molecule has 3 rings (SSSR count). The Hall–Kier alpha value is -2.35. The van der Waals surface area contributed by atoms with E-state index in [0.29, 0.717) is 0 Å². The summed E-state index contributed by atoms with van der Waals surface area (Å²) in [6.07, 6.45) is 5.84. The first kappa shape index (κ1) is 10.8. The number of fused-ring (bicyclic) bond motifs is 1. The standard InChI is InChI=1S/C16H14N2/c1-2-15(13-7-4-3-5-8-13)18-12-10-14-9-6-11-17-16(14)18/h2-12,15H,1H2/t15-/m1/s1. The van der Waals surface area contributed by atoms with Gasteiger partial charge in [-0.1, -0.05) is 36.4 Å². The van der Waals surface area contributed by atoms with Gasteiger partial charge in [0.15, 0.2) is 0 Å². The Kier molecular flexibility index (Phi) is 2.69. The zero-order chi connectivity index (χ0) is 12.4. The molecular weight excluding hydrogens is 220 g/mol. The lowest BCUT2D eigenvalue weighted by Crippen LogP contribution is -2.07. The molecule has 2 aromatic heterocycles. The molecule has 0 saturated heterocycles. The van der Waals surface area contributed by atoms with Gasteiger partial charge in [-0.15, -0.1) is 6.58 Å². The number of hydrogen-bond donors (Lipinski definition) is 0. The van der Waals surface area contributed by atoms with Crippen molar-refractivity contribution >= 4 is 11.0 Å². The van der Waals surface area contributed by atoms with E-state index in [4.69, 9.17) is 0 Å². The van der Waals surface area contributed by atoms with Crippen molar-refractivity contribution < 1.29 is 0 Å². The first-order valence-corrected chi connectivity index (χ1v) is 5.99. The van der Waals surface area contributed by atoms with Gasteiger partial charge in [-0.25, -0.2) is 4.98 Å². The molecule has 0 bridgehead atoms. The first-order valence-electron chi connectivity index (χ1n) is 5.99. The summed E-state index contributed by atoms with van der Waals surface area (Å²) in [5, 5.41) is 1.15. The van der Waals surface area contributed by atoms with Gasteiger partial charge in [0, 0.05) is 17.8 Å². The highest BCUT2D eigenvalue weighted by atomic mass is 15.0. The maximum Gasteiger partial charge on any atom is 0.140 e. The van der Waals surface area contributed by atoms with Gasteiger partial charge in [-0.3, -0.25) is 0 Å². The lowest BCUT2D eigenvalue weighted by molar-refractivity contribution is 0.723. The van der Waals surface area contributed by atoms with E-state index in [0.717, 1.165) is 11.0 Å². The Morgan fingerprint density at radius 3 is 2.67 bits per heavy atom. The van der Waals surface area contributed by atoms with Crippen LogP contribution >= 0.6 is 0 Å². The number of hydrogen-bond acceptors (Lipinski definition) is 1. The quantitative estimate of drug-likeness (QED) is 0.630. The molecule has 0 fully saturated rings. The van der Waals surface area contributed by atoms with Crippen LogP contribution in [0.15, 0.2) is 73.6 Å². The smallest absolute Gasteiger partial charge is 0.140 e. The van der Waals surface area contributed by atoms with Crippen molar-refractivity contribution in [3.63, 3.8) is 0 Å². The average Bonchev–Trinajstić information content (AvgIpc) is 2.85. The molecule has 88 valence electrons. The molecule has 18 heavy (non-hydrogen) atoms. The highest BCUT2D eigenvalue weighted by Gasteiger charge is 2.12. The van der Waals surface area contributed by atoms with Gasteiger partial charge in [-0.2, -0.15) is 0 Å². The summed E-state index contributed by atoms with van der Waals surface area (Å²) in [5.74, 6) is 0. The molecule has 2 heteroatoms. The predicted molar refractivity (Wildman–Crippen MR) is 74.5 cm³/mol. The van der Waals surface area contributed by atoms with Crippen molar-refractivity contribution in [1.29, 1.82) is 0 Å². The number of benzene rings is 1. The Balaban J connectivity index is 2.15. The molecule has 1 aromatic carbocycles. The van der Waals surface area contributed by atoms with Gasteiger partial charge in [0.2, 0.25) is 0 Å². The highest BCUT2D eigenvalue weighted by molar-refractivity contribution is 5.76. The molecular formula is C16H14N2. The molecule has 0 N–H and O–H groups in total. The van der Waals surface area contributed by atoms with Crippen LogP contribution < -0.4 is 0 Å². The van der Waals surface area contributed by atoms with E-state index < -0.39 is 0 Å². The third kappa shape index (κ3) is 1.72. The summed E-state index contributed by atoms with van der Waals surface area (Å²) in [6.45, 7) is 3.95. The zero-order valence-electron chi connectivity index (χ0n) is 10.0. The van der Waals surface area contributed by atoms with Gasteiger partial charge in [0.25, 0.3) is 0 Å². The van der Waals surface area contributed by atoms with E-state index >= 15 is 0 Å². The van der Waals surface area contributed by atoms with E-state index in [-0.39, 0.29) is 6.04 Å². The molecule has 0 unspecified atom stereocenters. The highest BCUT2D eigenvalue weighted by Crippen LogP contribution is 2.24. The van der Waals surface area contributed by atoms with Crippen LogP contribution in [0.4, 0.5) is 0 Å². The fraction of sp³-hybridized carbons (Fsp3) is 0.0625. The molecule has 0 spiro atoms. The molecule has 0 radical (unpaired) electrons. The summed E-state index contributed by atoms with van der Waals surface area (Å²) in [4.78, 5) is 4.45. The van der Waals surface area contributed by atoms with Gasteiger partial charge < -0.3 is 4.57 Å². The van der Waals surface area contributed by atoms with Crippen LogP contribution in [0.25, 0.3) is 11.0 Å². The van der Waals surface area contributed by atoms with E-state index in [1.165, 1.54) is 5.56 Å². The van der Waals surface area contributed by atoms with Gasteiger partial charge in [0.05, 0.1) is 6.04 Å². The minimum Gasteiger partial charge on any atom is -0.322 e. The molecule has 2 heterocycles. The molecule has 0 aliphatic rings. The number of rotatable bonds is 3. The second kappa shape index (κ2) is 4.49. The lowest BCUT2D eigenvalue weighted by Gasteiger charge is -2.16. The maximum atomic E-state index is 4.45. The third-order valence-electron chi connectivity index (χ3n) is 3.14. The number of nitrogens with zero attached hydrogens (tertiary/aromatic N) is 2. The fourth-order valence-electron chi connectivity index (χ4n) is 2.27. The van der Waals surface area contributed by atoms with Crippen molar-refractivity contribution in [3.05, 3.63) is 79.1 Å². The minimum absolute atomic E-state index is 0.124. The SMILES string of the molecule is C=C[C@H](c1ccccc1)n1ccc2cccnc21. The Bertz CT molecular complexity index is 668. The molecule has 0 aliphatic carbocycles. The van der Waals surface area contributed by atoms with Gasteiger partial charge in [0.1, 0.15) is 5.65 Å². The second-order valence-corrected chi connectivity index (χ2v) is 4.23. The van der Waals surface area contributed by atoms with Crippen LogP contribution in [0.1, 0.15) is 11.6 Å². The van der Waals surface area contributed by atoms with Crippen molar-refractivity contribution in [2.24, 2.45) is 0 Å². The first-order chi connectivity index (χ1) is 8.90. The van der Waals surface area contributed by atoms with Gasteiger partial charge >= 0.3 is 0 Å². The largest absolute Gasteiger partial charge is 0.322 e. The minimum atomic E-state index is 0.124. The monoisotopic (exact) mass is 234 g/mol. The van der Waals surface area contributed by atoms with Crippen molar-refractivity contribution in [3.8, 4) is 0 Å². The van der Waals surface area contributed by atoms with E-state index in [2.05, 4.69) is 46.6 Å². The van der Waals surface area contributed by atoms with Crippen molar-refractivity contribution in [2.45, 2.75) is 6.04 Å². The number of allylic oxidation sites excluding steroid dienone is 1. The third-order valence-corrected chi connectivity index (χ3v) is 3.14. The van der Waals surface area contributed by atoms with Crippen molar-refractivity contribution in [2.75, 3.05) is 0 Å². The molecule has 2 nitrogen and oxygen atoms in total. The normalized spacial score (nSPS) is 12.4. The maximum absolute atomic E-state index is 4.45. The van der Waals surface area contributed by atoms with E-state index in [9.17, 15) is 0 Å². The van der Waals surface area contributed by atoms with Gasteiger partial charge in [-0.05, 0) is 23.8 Å². The fourth-order valence-corrected chi connectivity index (χ4v) is 2.27. The zero-order valence-corrected chi connectivity index (χ0v) is 10.0. The molecule has 0 aliphatic heterocycles. The van der Waals surface area contributed by atoms with Crippen LogP contribution in [0.3, 0.4) is 0 Å². The predicted octanol–water partition coefficient (Wildman–Crippen LogP) is 3.81. The average molecular weight is 234 g/mol.